The van der Waals surface area contributed by atoms with Crippen molar-refractivity contribution >= 4 is 22.9 Å². The van der Waals surface area contributed by atoms with Gasteiger partial charge in [-0.15, -0.1) is 0 Å². The molecular weight excluding hydrogens is 290 g/mol. The van der Waals surface area contributed by atoms with E-state index in [2.05, 4.69) is 4.98 Å². The summed E-state index contributed by atoms with van der Waals surface area (Å²) in [5.41, 5.74) is 1.66. The van der Waals surface area contributed by atoms with Gasteiger partial charge < -0.3 is 8.98 Å². The molecule has 1 unspecified atom stereocenters. The second-order valence-electron chi connectivity index (χ2n) is 5.26. The number of nitrogens with zero attached hydrogens (tertiary/aromatic N) is 3. The number of fused-ring (bicyclic) bond motifs is 1. The maximum Gasteiger partial charge on any atom is 0.180 e. The van der Waals surface area contributed by atoms with E-state index in [-0.39, 0.29) is 5.78 Å². The van der Waals surface area contributed by atoms with Crippen LogP contribution in [-0.2, 0) is 11.8 Å². The van der Waals surface area contributed by atoms with Crippen LogP contribution >= 0.6 is 0 Å². The highest BCUT2D eigenvalue weighted by molar-refractivity contribution is 6.00. The van der Waals surface area contributed by atoms with E-state index in [9.17, 15) is 10.1 Å². The summed E-state index contributed by atoms with van der Waals surface area (Å²) in [6, 6.07) is 13.2. The SMILES string of the molecule is Cc1ccc(/C=C/C(=O)C(C#N)c2nc3ccccc3n2C)o1. The largest absolute Gasteiger partial charge is 0.462 e. The molecule has 0 radical (unpaired) electrons. The van der Waals surface area contributed by atoms with Gasteiger partial charge in [0.2, 0.25) is 0 Å². The van der Waals surface area contributed by atoms with Gasteiger partial charge in [-0.1, -0.05) is 12.1 Å². The van der Waals surface area contributed by atoms with Crippen LogP contribution in [0.3, 0.4) is 0 Å². The number of hydrogen-bond donors (Lipinski definition) is 0. The van der Waals surface area contributed by atoms with Crippen LogP contribution in [-0.4, -0.2) is 15.3 Å². The zero-order valence-corrected chi connectivity index (χ0v) is 12.9. The molecule has 0 bridgehead atoms. The lowest BCUT2D eigenvalue weighted by Gasteiger charge is -2.05. The van der Waals surface area contributed by atoms with Gasteiger partial charge in [0.05, 0.1) is 17.1 Å². The maximum atomic E-state index is 12.4. The van der Waals surface area contributed by atoms with Crippen LogP contribution in [0.25, 0.3) is 17.1 Å². The molecule has 1 atom stereocenters. The van der Waals surface area contributed by atoms with E-state index in [1.807, 2.05) is 50.4 Å². The first kappa shape index (κ1) is 14.8. The monoisotopic (exact) mass is 305 g/mol. The molecule has 0 aliphatic carbocycles. The highest BCUT2D eigenvalue weighted by atomic mass is 16.3. The van der Waals surface area contributed by atoms with Gasteiger partial charge in [-0.2, -0.15) is 5.26 Å². The van der Waals surface area contributed by atoms with Crippen LogP contribution in [0.4, 0.5) is 0 Å². The fourth-order valence-electron chi connectivity index (χ4n) is 2.47. The van der Waals surface area contributed by atoms with Gasteiger partial charge >= 0.3 is 0 Å². The molecule has 0 fully saturated rings. The number of benzene rings is 1. The molecule has 0 aliphatic rings. The number of para-hydroxylation sites is 2. The molecule has 2 aromatic heterocycles. The second-order valence-corrected chi connectivity index (χ2v) is 5.26. The molecule has 0 amide bonds. The Morgan fingerprint density at radius 1 is 1.35 bits per heavy atom. The number of aromatic nitrogens is 2. The van der Waals surface area contributed by atoms with E-state index < -0.39 is 5.92 Å². The number of carbonyl (C=O) groups is 1. The number of ketones is 1. The number of aryl methyl sites for hydroxylation is 2. The van der Waals surface area contributed by atoms with E-state index >= 15 is 0 Å². The smallest absolute Gasteiger partial charge is 0.180 e. The maximum absolute atomic E-state index is 12.4. The fourth-order valence-corrected chi connectivity index (χ4v) is 2.47. The van der Waals surface area contributed by atoms with Crippen molar-refractivity contribution in [3.8, 4) is 6.07 Å². The average molecular weight is 305 g/mol. The van der Waals surface area contributed by atoms with Crippen molar-refractivity contribution in [3.05, 3.63) is 59.8 Å². The summed E-state index contributed by atoms with van der Waals surface area (Å²) in [5, 5.41) is 9.42. The predicted molar refractivity (Wildman–Crippen MR) is 86.6 cm³/mol. The Bertz CT molecular complexity index is 941. The lowest BCUT2D eigenvalue weighted by Crippen LogP contribution is -2.13. The summed E-state index contributed by atoms with van der Waals surface area (Å²) >= 11 is 0. The second kappa shape index (κ2) is 5.93. The van der Waals surface area contributed by atoms with Crippen LogP contribution in [0.2, 0.25) is 0 Å². The fraction of sp³-hybridized carbons (Fsp3) is 0.167. The van der Waals surface area contributed by atoms with Crippen molar-refractivity contribution in [3.63, 3.8) is 0 Å². The lowest BCUT2D eigenvalue weighted by molar-refractivity contribution is -0.115. The van der Waals surface area contributed by atoms with Crippen LogP contribution in [0.15, 0.2) is 46.9 Å². The van der Waals surface area contributed by atoms with E-state index in [0.29, 0.717) is 11.6 Å². The van der Waals surface area contributed by atoms with Gasteiger partial charge in [-0.3, -0.25) is 4.79 Å². The Morgan fingerprint density at radius 3 is 2.78 bits per heavy atom. The molecule has 0 spiro atoms. The van der Waals surface area contributed by atoms with E-state index in [4.69, 9.17) is 4.42 Å². The Kier molecular flexibility index (Phi) is 3.82. The number of allylic oxidation sites excluding steroid dienone is 1. The van der Waals surface area contributed by atoms with E-state index in [1.165, 1.54) is 6.08 Å². The van der Waals surface area contributed by atoms with Crippen LogP contribution in [0.1, 0.15) is 23.3 Å². The first-order chi connectivity index (χ1) is 11.1. The number of rotatable bonds is 4. The third-order valence-corrected chi connectivity index (χ3v) is 3.67. The highest BCUT2D eigenvalue weighted by Gasteiger charge is 2.23. The molecule has 2 heterocycles. The Balaban J connectivity index is 1.92. The number of carbonyl (C=O) groups excluding carboxylic acids is 1. The zero-order chi connectivity index (χ0) is 16.4. The van der Waals surface area contributed by atoms with Gasteiger partial charge in [0, 0.05) is 7.05 Å². The lowest BCUT2D eigenvalue weighted by atomic mass is 10.0. The number of imidazole rings is 1. The van der Waals surface area contributed by atoms with Gasteiger partial charge in [0.1, 0.15) is 17.3 Å². The normalized spacial score (nSPS) is 12.6. The summed E-state index contributed by atoms with van der Waals surface area (Å²) in [6.45, 7) is 1.83. The van der Waals surface area contributed by atoms with Crippen molar-refractivity contribution in [1.82, 2.24) is 9.55 Å². The molecule has 5 nitrogen and oxygen atoms in total. The van der Waals surface area contributed by atoms with Crippen LogP contribution in [0.5, 0.6) is 0 Å². The minimum Gasteiger partial charge on any atom is -0.462 e. The van der Waals surface area contributed by atoms with Crippen LogP contribution in [0, 0.1) is 18.3 Å². The molecule has 0 aliphatic heterocycles. The van der Waals surface area contributed by atoms with Crippen molar-refractivity contribution in [1.29, 1.82) is 5.26 Å². The predicted octanol–water partition coefficient (Wildman–Crippen LogP) is 3.36. The number of furan rings is 1. The Hall–Kier alpha value is -3.13. The molecule has 3 aromatic rings. The van der Waals surface area contributed by atoms with Crippen LogP contribution < -0.4 is 0 Å². The highest BCUT2D eigenvalue weighted by Crippen LogP contribution is 2.22. The molecule has 23 heavy (non-hydrogen) atoms. The first-order valence-corrected chi connectivity index (χ1v) is 7.19. The minimum atomic E-state index is -0.945. The third kappa shape index (κ3) is 2.79. The van der Waals surface area contributed by atoms with Crippen molar-refractivity contribution in [2.45, 2.75) is 12.8 Å². The molecule has 0 saturated heterocycles. The number of nitriles is 1. The van der Waals surface area contributed by atoms with Crippen molar-refractivity contribution in [2.24, 2.45) is 7.05 Å². The Labute approximate surface area is 133 Å². The van der Waals surface area contributed by atoms with E-state index in [0.717, 1.165) is 16.8 Å². The molecule has 0 N–H and O–H groups in total. The molecule has 114 valence electrons. The summed E-state index contributed by atoms with van der Waals surface area (Å²) in [4.78, 5) is 16.8. The summed E-state index contributed by atoms with van der Waals surface area (Å²) in [7, 11) is 1.81. The number of hydrogen-bond acceptors (Lipinski definition) is 4. The van der Waals surface area contributed by atoms with Crippen molar-refractivity contribution in [2.75, 3.05) is 0 Å². The third-order valence-electron chi connectivity index (χ3n) is 3.67. The Morgan fingerprint density at radius 2 is 2.13 bits per heavy atom. The van der Waals surface area contributed by atoms with Gasteiger partial charge in [0.25, 0.3) is 0 Å². The van der Waals surface area contributed by atoms with Crippen molar-refractivity contribution < 1.29 is 9.21 Å². The topological polar surface area (TPSA) is 71.8 Å². The van der Waals surface area contributed by atoms with Gasteiger partial charge in [-0.25, -0.2) is 4.98 Å². The quantitative estimate of drug-likeness (QED) is 0.693. The molecular formula is C18H15N3O2. The molecule has 0 saturated carbocycles. The van der Waals surface area contributed by atoms with E-state index in [1.54, 1.807) is 16.7 Å². The standard InChI is InChI=1S/C18H15N3O2/c1-12-7-8-13(23-12)9-10-17(22)14(11-19)18-20-15-5-3-4-6-16(15)21(18)2/h3-10,14H,1-2H3/b10-9+. The summed E-state index contributed by atoms with van der Waals surface area (Å²) < 4.78 is 7.17. The van der Waals surface area contributed by atoms with Gasteiger partial charge in [0.15, 0.2) is 11.7 Å². The summed E-state index contributed by atoms with van der Waals surface area (Å²) in [5.74, 6) is 0.528. The first-order valence-electron chi connectivity index (χ1n) is 7.19. The zero-order valence-electron chi connectivity index (χ0n) is 12.9. The molecule has 5 heteroatoms. The minimum absolute atomic E-state index is 0.319. The average Bonchev–Trinajstić information content (AvgIpc) is 3.11. The molecule has 1 aromatic carbocycles. The summed E-state index contributed by atoms with van der Waals surface area (Å²) in [6.07, 6.45) is 2.94. The van der Waals surface area contributed by atoms with Gasteiger partial charge in [-0.05, 0) is 43.3 Å². The molecule has 3 rings (SSSR count).